The minimum atomic E-state index is 0.102. The second-order valence-electron chi connectivity index (χ2n) is 6.22. The van der Waals surface area contributed by atoms with Gasteiger partial charge in [-0.1, -0.05) is 42.5 Å². The molecule has 0 radical (unpaired) electrons. The molecular formula is C21H24N4O. The second kappa shape index (κ2) is 8.85. The molecule has 26 heavy (non-hydrogen) atoms. The van der Waals surface area contributed by atoms with Crippen molar-refractivity contribution < 1.29 is 4.74 Å². The Morgan fingerprint density at radius 2 is 1.73 bits per heavy atom. The maximum atomic E-state index is 5.83. The molecule has 5 heteroatoms. The Bertz CT molecular complexity index is 821. The quantitative estimate of drug-likeness (QED) is 0.620. The van der Waals surface area contributed by atoms with Crippen molar-refractivity contribution in [2.45, 2.75) is 26.4 Å². The van der Waals surface area contributed by atoms with Crippen molar-refractivity contribution >= 4 is 17.5 Å². The van der Waals surface area contributed by atoms with Gasteiger partial charge in [-0.25, -0.2) is 4.98 Å². The van der Waals surface area contributed by atoms with Crippen LogP contribution in [0.15, 0.2) is 66.9 Å². The SMILES string of the molecule is CC(C)Oc1ccccc1Nc1nccc(NCCc2ccccc2)n1. The molecule has 3 rings (SSSR count). The smallest absolute Gasteiger partial charge is 0.229 e. The summed E-state index contributed by atoms with van der Waals surface area (Å²) in [4.78, 5) is 8.83. The third-order valence-electron chi connectivity index (χ3n) is 3.71. The van der Waals surface area contributed by atoms with E-state index in [1.54, 1.807) is 6.20 Å². The van der Waals surface area contributed by atoms with E-state index < -0.39 is 0 Å². The molecule has 0 amide bonds. The number of aromatic nitrogens is 2. The molecule has 0 saturated heterocycles. The van der Waals surface area contributed by atoms with Gasteiger partial charge in [0.25, 0.3) is 0 Å². The zero-order chi connectivity index (χ0) is 18.2. The lowest BCUT2D eigenvalue weighted by atomic mass is 10.1. The van der Waals surface area contributed by atoms with E-state index in [9.17, 15) is 0 Å². The van der Waals surface area contributed by atoms with E-state index in [4.69, 9.17) is 4.74 Å². The van der Waals surface area contributed by atoms with Crippen molar-refractivity contribution in [1.82, 2.24) is 9.97 Å². The summed E-state index contributed by atoms with van der Waals surface area (Å²) in [7, 11) is 0. The number of anilines is 3. The molecule has 0 spiro atoms. The molecule has 0 unspecified atom stereocenters. The first-order valence-electron chi connectivity index (χ1n) is 8.84. The number of para-hydroxylation sites is 2. The molecule has 1 heterocycles. The highest BCUT2D eigenvalue weighted by atomic mass is 16.5. The van der Waals surface area contributed by atoms with Crippen LogP contribution in [0.25, 0.3) is 0 Å². The molecule has 0 atom stereocenters. The summed E-state index contributed by atoms with van der Waals surface area (Å²) in [6.07, 6.45) is 2.79. The molecule has 1 aromatic heterocycles. The fourth-order valence-corrected chi connectivity index (χ4v) is 2.54. The van der Waals surface area contributed by atoms with E-state index in [-0.39, 0.29) is 6.10 Å². The highest BCUT2D eigenvalue weighted by Crippen LogP contribution is 2.27. The van der Waals surface area contributed by atoms with Crippen LogP contribution in [0.2, 0.25) is 0 Å². The average Bonchev–Trinajstić information content (AvgIpc) is 2.64. The number of rotatable bonds is 8. The van der Waals surface area contributed by atoms with Crippen LogP contribution < -0.4 is 15.4 Å². The first-order valence-corrected chi connectivity index (χ1v) is 8.84. The van der Waals surface area contributed by atoms with Crippen molar-refractivity contribution in [3.8, 4) is 5.75 Å². The van der Waals surface area contributed by atoms with Gasteiger partial charge in [-0.05, 0) is 44.0 Å². The molecule has 134 valence electrons. The Balaban J connectivity index is 1.62. The van der Waals surface area contributed by atoms with Crippen molar-refractivity contribution in [1.29, 1.82) is 0 Å². The molecule has 0 bridgehead atoms. The molecule has 3 aromatic rings. The lowest BCUT2D eigenvalue weighted by Gasteiger charge is -2.15. The van der Waals surface area contributed by atoms with Gasteiger partial charge in [0.05, 0.1) is 11.8 Å². The number of hydrogen-bond donors (Lipinski definition) is 2. The van der Waals surface area contributed by atoms with Crippen molar-refractivity contribution in [2.24, 2.45) is 0 Å². The predicted molar refractivity (Wildman–Crippen MR) is 106 cm³/mol. The number of nitrogens with one attached hydrogen (secondary N) is 2. The molecule has 0 aliphatic rings. The molecule has 0 aliphatic heterocycles. The van der Waals surface area contributed by atoms with Gasteiger partial charge in [0, 0.05) is 12.7 Å². The van der Waals surface area contributed by atoms with Crippen molar-refractivity contribution in [2.75, 3.05) is 17.2 Å². The summed E-state index contributed by atoms with van der Waals surface area (Å²) in [5.41, 5.74) is 2.15. The van der Waals surface area contributed by atoms with Gasteiger partial charge >= 0.3 is 0 Å². The van der Waals surface area contributed by atoms with Gasteiger partial charge in [-0.2, -0.15) is 4.98 Å². The normalized spacial score (nSPS) is 10.6. The van der Waals surface area contributed by atoms with Crippen LogP contribution in [0.5, 0.6) is 5.75 Å². The molecule has 0 aliphatic carbocycles. The van der Waals surface area contributed by atoms with Gasteiger partial charge in [-0.3, -0.25) is 0 Å². The minimum Gasteiger partial charge on any atom is -0.489 e. The van der Waals surface area contributed by atoms with E-state index in [0.717, 1.165) is 30.2 Å². The summed E-state index contributed by atoms with van der Waals surface area (Å²) in [6.45, 7) is 4.82. The molecule has 0 saturated carbocycles. The van der Waals surface area contributed by atoms with E-state index in [2.05, 4.69) is 44.9 Å². The maximum absolute atomic E-state index is 5.83. The van der Waals surface area contributed by atoms with E-state index in [1.165, 1.54) is 5.56 Å². The fraction of sp³-hybridized carbons (Fsp3) is 0.238. The van der Waals surface area contributed by atoms with Crippen LogP contribution in [0.1, 0.15) is 19.4 Å². The number of hydrogen-bond acceptors (Lipinski definition) is 5. The van der Waals surface area contributed by atoms with Crippen LogP contribution in [-0.2, 0) is 6.42 Å². The summed E-state index contributed by atoms with van der Waals surface area (Å²) in [6, 6.07) is 20.1. The highest BCUT2D eigenvalue weighted by Gasteiger charge is 2.07. The van der Waals surface area contributed by atoms with Crippen molar-refractivity contribution in [3.63, 3.8) is 0 Å². The Labute approximate surface area is 154 Å². The summed E-state index contributed by atoms with van der Waals surface area (Å²) in [5.74, 6) is 2.11. The van der Waals surface area contributed by atoms with Gasteiger partial charge in [-0.15, -0.1) is 0 Å². The zero-order valence-electron chi connectivity index (χ0n) is 15.1. The first-order chi connectivity index (χ1) is 12.7. The Morgan fingerprint density at radius 1 is 0.962 bits per heavy atom. The second-order valence-corrected chi connectivity index (χ2v) is 6.22. The summed E-state index contributed by atoms with van der Waals surface area (Å²) in [5, 5.41) is 6.58. The van der Waals surface area contributed by atoms with Crippen LogP contribution in [0, 0.1) is 0 Å². The summed E-state index contributed by atoms with van der Waals surface area (Å²) >= 11 is 0. The van der Waals surface area contributed by atoms with Gasteiger partial charge in [0.2, 0.25) is 5.95 Å². The number of ether oxygens (including phenoxy) is 1. The van der Waals surface area contributed by atoms with Crippen LogP contribution in [0.3, 0.4) is 0 Å². The molecule has 2 N–H and O–H groups in total. The standard InChI is InChI=1S/C21H24N4O/c1-16(2)26-19-11-7-6-10-18(19)24-21-23-15-13-20(25-21)22-14-12-17-8-4-3-5-9-17/h3-11,13,15-16H,12,14H2,1-2H3,(H2,22,23,24,25). The first kappa shape index (κ1) is 17.7. The molecule has 0 fully saturated rings. The minimum absolute atomic E-state index is 0.102. The van der Waals surface area contributed by atoms with E-state index in [1.807, 2.05) is 50.2 Å². The fourth-order valence-electron chi connectivity index (χ4n) is 2.54. The van der Waals surface area contributed by atoms with Crippen molar-refractivity contribution in [3.05, 3.63) is 72.4 Å². The Kier molecular flexibility index (Phi) is 6.04. The van der Waals surface area contributed by atoms with E-state index in [0.29, 0.717) is 5.95 Å². The highest BCUT2D eigenvalue weighted by molar-refractivity contribution is 5.63. The zero-order valence-corrected chi connectivity index (χ0v) is 15.1. The molecule has 2 aromatic carbocycles. The van der Waals surface area contributed by atoms with Crippen LogP contribution >= 0.6 is 0 Å². The predicted octanol–water partition coefficient (Wildman–Crippen LogP) is 4.66. The maximum Gasteiger partial charge on any atom is 0.229 e. The molecule has 5 nitrogen and oxygen atoms in total. The Morgan fingerprint density at radius 3 is 2.54 bits per heavy atom. The summed E-state index contributed by atoms with van der Waals surface area (Å²) < 4.78 is 5.83. The van der Waals surface area contributed by atoms with Crippen LogP contribution in [0.4, 0.5) is 17.5 Å². The largest absolute Gasteiger partial charge is 0.489 e. The Hall–Kier alpha value is -3.08. The van der Waals surface area contributed by atoms with Crippen LogP contribution in [-0.4, -0.2) is 22.6 Å². The van der Waals surface area contributed by atoms with Gasteiger partial charge < -0.3 is 15.4 Å². The molecular weight excluding hydrogens is 324 g/mol. The number of benzene rings is 2. The average molecular weight is 348 g/mol. The third-order valence-corrected chi connectivity index (χ3v) is 3.71. The van der Waals surface area contributed by atoms with E-state index >= 15 is 0 Å². The lowest BCUT2D eigenvalue weighted by Crippen LogP contribution is -2.09. The number of nitrogens with zero attached hydrogens (tertiary/aromatic N) is 2. The third kappa shape index (κ3) is 5.21. The lowest BCUT2D eigenvalue weighted by molar-refractivity contribution is 0.244. The topological polar surface area (TPSA) is 59.1 Å². The monoisotopic (exact) mass is 348 g/mol. The van der Waals surface area contributed by atoms with Gasteiger partial charge in [0.1, 0.15) is 11.6 Å². The van der Waals surface area contributed by atoms with Gasteiger partial charge in [0.15, 0.2) is 0 Å².